The van der Waals surface area contributed by atoms with Crippen LogP contribution in [0.15, 0.2) is 30.9 Å². The van der Waals surface area contributed by atoms with E-state index in [1.165, 1.54) is 6.20 Å². The molecular weight excluding hydrogens is 192 g/mol. The molecule has 0 fully saturated rings. The minimum Gasteiger partial charge on any atom is -0.387 e. The molecule has 0 aliphatic heterocycles. The number of hydrogen-bond donors (Lipinski definition) is 1. The summed E-state index contributed by atoms with van der Waals surface area (Å²) in [6.07, 6.45) is 5.66. The molecule has 0 aromatic carbocycles. The second-order valence-corrected chi connectivity index (χ2v) is 3.04. The van der Waals surface area contributed by atoms with E-state index in [9.17, 15) is 5.11 Å². The van der Waals surface area contributed by atoms with E-state index >= 15 is 0 Å². The van der Waals surface area contributed by atoms with Crippen molar-refractivity contribution in [2.75, 3.05) is 0 Å². The number of aliphatic hydroxyl groups is 1. The molecule has 1 atom stereocenters. The molecule has 0 radical (unpaired) electrons. The van der Waals surface area contributed by atoms with Crippen molar-refractivity contribution in [1.82, 2.24) is 19.9 Å². The predicted molar refractivity (Wildman–Crippen MR) is 53.7 cm³/mol. The van der Waals surface area contributed by atoms with Crippen LogP contribution in [0, 0.1) is 0 Å². The Morgan fingerprint density at radius 3 is 2.33 bits per heavy atom. The zero-order chi connectivity index (χ0) is 10.7. The van der Waals surface area contributed by atoms with Crippen LogP contribution in [0.2, 0.25) is 0 Å². The molecule has 2 rings (SSSR count). The molecule has 0 bridgehead atoms. The number of rotatable bonds is 2. The minimum absolute atomic E-state index is 0.474. The Kier molecular flexibility index (Phi) is 2.64. The lowest BCUT2D eigenvalue weighted by Gasteiger charge is -2.07. The summed E-state index contributed by atoms with van der Waals surface area (Å²) in [7, 11) is 0. The van der Waals surface area contributed by atoms with Gasteiger partial charge in [-0.2, -0.15) is 0 Å². The summed E-state index contributed by atoms with van der Waals surface area (Å²) in [6.45, 7) is 1.64. The Bertz CT molecular complexity index is 444. The van der Waals surface area contributed by atoms with E-state index in [0.717, 1.165) is 0 Å². The minimum atomic E-state index is -0.683. The average molecular weight is 202 g/mol. The van der Waals surface area contributed by atoms with E-state index in [4.69, 9.17) is 0 Å². The van der Waals surface area contributed by atoms with Crippen molar-refractivity contribution < 1.29 is 5.11 Å². The molecule has 5 nitrogen and oxygen atoms in total. The third kappa shape index (κ3) is 1.97. The predicted octanol–water partition coefficient (Wildman–Crippen LogP) is 0.987. The molecule has 15 heavy (non-hydrogen) atoms. The molecule has 0 aliphatic carbocycles. The van der Waals surface area contributed by atoms with Gasteiger partial charge in [-0.05, 0) is 13.0 Å². The zero-order valence-corrected chi connectivity index (χ0v) is 8.20. The van der Waals surface area contributed by atoms with Gasteiger partial charge in [-0.15, -0.1) is 0 Å². The van der Waals surface area contributed by atoms with E-state index in [0.29, 0.717) is 17.2 Å². The maximum atomic E-state index is 9.51. The van der Waals surface area contributed by atoms with Crippen molar-refractivity contribution in [1.29, 1.82) is 0 Å². The van der Waals surface area contributed by atoms with Gasteiger partial charge in [-0.25, -0.2) is 15.0 Å². The maximum Gasteiger partial charge on any atom is 0.180 e. The topological polar surface area (TPSA) is 71.8 Å². The van der Waals surface area contributed by atoms with Crippen LogP contribution in [0.5, 0.6) is 0 Å². The molecular formula is C10H10N4O. The van der Waals surface area contributed by atoms with Gasteiger partial charge in [0.1, 0.15) is 5.69 Å². The number of nitrogens with zero attached hydrogens (tertiary/aromatic N) is 4. The molecule has 5 heteroatoms. The van der Waals surface area contributed by atoms with E-state index < -0.39 is 6.10 Å². The van der Waals surface area contributed by atoms with Crippen molar-refractivity contribution in [3.63, 3.8) is 0 Å². The van der Waals surface area contributed by atoms with Crippen LogP contribution >= 0.6 is 0 Å². The Morgan fingerprint density at radius 2 is 1.67 bits per heavy atom. The highest BCUT2D eigenvalue weighted by Crippen LogP contribution is 2.19. The van der Waals surface area contributed by atoms with Crippen LogP contribution in [0.3, 0.4) is 0 Å². The van der Waals surface area contributed by atoms with Gasteiger partial charge >= 0.3 is 0 Å². The second kappa shape index (κ2) is 4.10. The van der Waals surface area contributed by atoms with Gasteiger partial charge in [0.15, 0.2) is 5.82 Å². The average Bonchev–Trinajstić information content (AvgIpc) is 2.30. The summed E-state index contributed by atoms with van der Waals surface area (Å²) in [5.74, 6) is 0.474. The summed E-state index contributed by atoms with van der Waals surface area (Å²) in [5.41, 5.74) is 1.01. The van der Waals surface area contributed by atoms with Crippen molar-refractivity contribution in [2.45, 2.75) is 13.0 Å². The highest BCUT2D eigenvalue weighted by atomic mass is 16.3. The smallest absolute Gasteiger partial charge is 0.180 e. The second-order valence-electron chi connectivity index (χ2n) is 3.04. The van der Waals surface area contributed by atoms with Gasteiger partial charge in [0.2, 0.25) is 0 Å². The summed E-state index contributed by atoms with van der Waals surface area (Å²) < 4.78 is 0. The van der Waals surface area contributed by atoms with E-state index in [1.54, 1.807) is 31.6 Å². The van der Waals surface area contributed by atoms with Gasteiger partial charge in [0.05, 0.1) is 11.8 Å². The lowest BCUT2D eigenvalue weighted by atomic mass is 10.2. The Labute approximate surface area is 86.9 Å². The summed E-state index contributed by atoms with van der Waals surface area (Å²) in [6, 6.07) is 1.72. The molecule has 0 amide bonds. The fraction of sp³-hybridized carbons (Fsp3) is 0.200. The first-order chi connectivity index (χ1) is 7.29. The molecule has 2 heterocycles. The standard InChI is InChI=1S/C10H10N4O/c1-7(15)8-9(12-6-5-11-8)10-13-3-2-4-14-10/h2-7,15H,1H3/t7-/m1/s1. The molecule has 2 aromatic rings. The number of aromatic nitrogens is 4. The summed E-state index contributed by atoms with van der Waals surface area (Å²) in [5, 5.41) is 9.51. The molecule has 76 valence electrons. The largest absolute Gasteiger partial charge is 0.387 e. The van der Waals surface area contributed by atoms with Crippen LogP contribution in [0.1, 0.15) is 18.7 Å². The molecule has 0 aliphatic rings. The fourth-order valence-corrected chi connectivity index (χ4v) is 1.25. The van der Waals surface area contributed by atoms with Gasteiger partial charge in [0.25, 0.3) is 0 Å². The van der Waals surface area contributed by atoms with Crippen LogP contribution in [-0.4, -0.2) is 25.0 Å². The van der Waals surface area contributed by atoms with Gasteiger partial charge in [0, 0.05) is 24.8 Å². The van der Waals surface area contributed by atoms with Crippen LogP contribution < -0.4 is 0 Å². The lowest BCUT2D eigenvalue weighted by molar-refractivity contribution is 0.194. The third-order valence-corrected chi connectivity index (χ3v) is 1.90. The third-order valence-electron chi connectivity index (χ3n) is 1.90. The quantitative estimate of drug-likeness (QED) is 0.786. The number of aliphatic hydroxyl groups excluding tert-OH is 1. The Morgan fingerprint density at radius 1 is 1.00 bits per heavy atom. The highest BCUT2D eigenvalue weighted by molar-refractivity contribution is 5.52. The van der Waals surface area contributed by atoms with Gasteiger partial charge in [-0.1, -0.05) is 0 Å². The Hall–Kier alpha value is -1.88. The normalized spacial score (nSPS) is 12.4. The van der Waals surface area contributed by atoms with Crippen molar-refractivity contribution in [3.05, 3.63) is 36.5 Å². The van der Waals surface area contributed by atoms with Crippen molar-refractivity contribution >= 4 is 0 Å². The zero-order valence-electron chi connectivity index (χ0n) is 8.20. The molecule has 0 saturated carbocycles. The van der Waals surface area contributed by atoms with Crippen molar-refractivity contribution in [2.24, 2.45) is 0 Å². The number of hydrogen-bond acceptors (Lipinski definition) is 5. The van der Waals surface area contributed by atoms with Gasteiger partial charge < -0.3 is 5.11 Å². The SMILES string of the molecule is C[C@@H](O)c1nccnc1-c1ncccn1. The first-order valence-electron chi connectivity index (χ1n) is 4.55. The molecule has 1 N–H and O–H groups in total. The molecule has 0 saturated heterocycles. The monoisotopic (exact) mass is 202 g/mol. The van der Waals surface area contributed by atoms with Gasteiger partial charge in [-0.3, -0.25) is 4.98 Å². The van der Waals surface area contributed by atoms with E-state index in [-0.39, 0.29) is 0 Å². The highest BCUT2D eigenvalue weighted by Gasteiger charge is 2.13. The summed E-state index contributed by atoms with van der Waals surface area (Å²) in [4.78, 5) is 16.3. The fourth-order valence-electron chi connectivity index (χ4n) is 1.25. The van der Waals surface area contributed by atoms with Crippen LogP contribution in [0.25, 0.3) is 11.5 Å². The van der Waals surface area contributed by atoms with Crippen molar-refractivity contribution in [3.8, 4) is 11.5 Å². The van der Waals surface area contributed by atoms with Crippen LogP contribution in [-0.2, 0) is 0 Å². The first-order valence-corrected chi connectivity index (χ1v) is 4.55. The Balaban J connectivity index is 2.53. The molecule has 2 aromatic heterocycles. The molecule has 0 unspecified atom stereocenters. The van der Waals surface area contributed by atoms with E-state index in [1.807, 2.05) is 0 Å². The maximum absolute atomic E-state index is 9.51. The lowest BCUT2D eigenvalue weighted by Crippen LogP contribution is -2.02. The first kappa shape index (κ1) is 9.67. The van der Waals surface area contributed by atoms with Crippen LogP contribution in [0.4, 0.5) is 0 Å². The summed E-state index contributed by atoms with van der Waals surface area (Å²) >= 11 is 0. The van der Waals surface area contributed by atoms with E-state index in [2.05, 4.69) is 19.9 Å². The molecule has 0 spiro atoms.